The number of carbonyl (C=O) groups is 1. The highest BCUT2D eigenvalue weighted by Crippen LogP contribution is 2.03. The van der Waals surface area contributed by atoms with Crippen LogP contribution in [0.4, 0.5) is 0 Å². The maximum atomic E-state index is 10.4. The number of carboxylic acid groups (broad SMARTS) is 1. The molecule has 0 aliphatic carbocycles. The first-order valence-corrected chi connectivity index (χ1v) is 5.98. The SMILES string of the molecule is O=C(O)CCc1ccc(C#Cc2ccccc2)cn1. The van der Waals surface area contributed by atoms with E-state index in [2.05, 4.69) is 16.8 Å². The van der Waals surface area contributed by atoms with Gasteiger partial charge in [0.15, 0.2) is 0 Å². The minimum atomic E-state index is -0.810. The van der Waals surface area contributed by atoms with Gasteiger partial charge in [0.05, 0.1) is 6.42 Å². The van der Waals surface area contributed by atoms with Crippen LogP contribution in [0.1, 0.15) is 23.2 Å². The van der Waals surface area contributed by atoms with Crippen molar-refractivity contribution in [1.29, 1.82) is 0 Å². The van der Waals surface area contributed by atoms with Gasteiger partial charge in [0.25, 0.3) is 0 Å². The summed E-state index contributed by atoms with van der Waals surface area (Å²) in [5, 5.41) is 8.59. The van der Waals surface area contributed by atoms with Crippen molar-refractivity contribution in [2.24, 2.45) is 0 Å². The van der Waals surface area contributed by atoms with Crippen molar-refractivity contribution in [2.75, 3.05) is 0 Å². The largest absolute Gasteiger partial charge is 0.481 e. The average molecular weight is 251 g/mol. The lowest BCUT2D eigenvalue weighted by atomic mass is 10.2. The minimum Gasteiger partial charge on any atom is -0.481 e. The molecular weight excluding hydrogens is 238 g/mol. The Morgan fingerprint density at radius 1 is 1.05 bits per heavy atom. The van der Waals surface area contributed by atoms with Gasteiger partial charge >= 0.3 is 5.97 Å². The second kappa shape index (κ2) is 6.36. The second-order valence-corrected chi connectivity index (χ2v) is 4.05. The molecule has 2 rings (SSSR count). The third-order valence-corrected chi connectivity index (χ3v) is 2.54. The number of benzene rings is 1. The van der Waals surface area contributed by atoms with Gasteiger partial charge in [-0.15, -0.1) is 0 Å². The standard InChI is InChI=1S/C16H13NO2/c18-16(19)11-10-15-9-8-14(12-17-15)7-6-13-4-2-1-3-5-13/h1-5,8-9,12H,10-11H2,(H,18,19). The first kappa shape index (κ1) is 12.8. The van der Waals surface area contributed by atoms with Crippen molar-refractivity contribution in [3.8, 4) is 11.8 Å². The van der Waals surface area contributed by atoms with Crippen molar-refractivity contribution in [3.63, 3.8) is 0 Å². The molecule has 0 saturated carbocycles. The van der Waals surface area contributed by atoms with E-state index in [0.29, 0.717) is 6.42 Å². The van der Waals surface area contributed by atoms with Crippen LogP contribution in [0.15, 0.2) is 48.7 Å². The van der Waals surface area contributed by atoms with E-state index in [1.807, 2.05) is 42.5 Å². The van der Waals surface area contributed by atoms with E-state index >= 15 is 0 Å². The maximum absolute atomic E-state index is 10.4. The van der Waals surface area contributed by atoms with Gasteiger partial charge in [-0.1, -0.05) is 30.0 Å². The van der Waals surface area contributed by atoms with E-state index in [4.69, 9.17) is 5.11 Å². The Bertz CT molecular complexity index is 607. The van der Waals surface area contributed by atoms with E-state index in [0.717, 1.165) is 16.8 Å². The number of rotatable bonds is 3. The van der Waals surface area contributed by atoms with Crippen LogP contribution in [-0.4, -0.2) is 16.1 Å². The number of nitrogens with zero attached hydrogens (tertiary/aromatic N) is 1. The summed E-state index contributed by atoms with van der Waals surface area (Å²) in [6, 6.07) is 13.4. The summed E-state index contributed by atoms with van der Waals surface area (Å²) in [6.07, 6.45) is 2.22. The minimum absolute atomic E-state index is 0.0992. The molecule has 3 nitrogen and oxygen atoms in total. The molecule has 0 amide bonds. The molecule has 1 aromatic carbocycles. The monoisotopic (exact) mass is 251 g/mol. The molecule has 1 N–H and O–H groups in total. The van der Waals surface area contributed by atoms with Crippen molar-refractivity contribution in [2.45, 2.75) is 12.8 Å². The number of carboxylic acids is 1. The van der Waals surface area contributed by atoms with E-state index in [9.17, 15) is 4.79 Å². The Hall–Kier alpha value is -2.60. The lowest BCUT2D eigenvalue weighted by Gasteiger charge is -1.97. The van der Waals surface area contributed by atoms with Crippen molar-refractivity contribution < 1.29 is 9.90 Å². The molecule has 3 heteroatoms. The fourth-order valence-corrected chi connectivity index (χ4v) is 1.55. The summed E-state index contributed by atoms with van der Waals surface area (Å²) in [7, 11) is 0. The van der Waals surface area contributed by atoms with E-state index in [1.165, 1.54) is 0 Å². The van der Waals surface area contributed by atoms with Crippen LogP contribution in [0.5, 0.6) is 0 Å². The zero-order chi connectivity index (χ0) is 13.5. The Morgan fingerprint density at radius 3 is 2.42 bits per heavy atom. The van der Waals surface area contributed by atoms with E-state index < -0.39 is 5.97 Å². The smallest absolute Gasteiger partial charge is 0.303 e. The average Bonchev–Trinajstić information content (AvgIpc) is 2.45. The summed E-state index contributed by atoms with van der Waals surface area (Å²) < 4.78 is 0. The maximum Gasteiger partial charge on any atom is 0.303 e. The third-order valence-electron chi connectivity index (χ3n) is 2.54. The van der Waals surface area contributed by atoms with Gasteiger partial charge in [-0.25, -0.2) is 0 Å². The molecule has 0 aliphatic rings. The zero-order valence-electron chi connectivity index (χ0n) is 10.3. The normalized spacial score (nSPS) is 9.47. The van der Waals surface area contributed by atoms with Gasteiger partial charge in [0, 0.05) is 29.4 Å². The van der Waals surface area contributed by atoms with Crippen molar-refractivity contribution >= 4 is 5.97 Å². The lowest BCUT2D eigenvalue weighted by Crippen LogP contribution is -1.99. The van der Waals surface area contributed by atoms with E-state index in [1.54, 1.807) is 6.20 Å². The Balaban J connectivity index is 2.03. The second-order valence-electron chi connectivity index (χ2n) is 4.05. The van der Waals surface area contributed by atoms with Gasteiger partial charge < -0.3 is 5.11 Å². The first-order chi connectivity index (χ1) is 9.24. The molecule has 0 saturated heterocycles. The predicted molar refractivity (Wildman–Crippen MR) is 72.6 cm³/mol. The highest BCUT2D eigenvalue weighted by atomic mass is 16.4. The molecule has 1 heterocycles. The van der Waals surface area contributed by atoms with Crippen LogP contribution < -0.4 is 0 Å². The summed E-state index contributed by atoms with van der Waals surface area (Å²) in [5.74, 6) is 5.26. The highest BCUT2D eigenvalue weighted by Gasteiger charge is 1.99. The summed E-state index contributed by atoms with van der Waals surface area (Å²) in [5.41, 5.74) is 2.55. The summed E-state index contributed by atoms with van der Waals surface area (Å²) >= 11 is 0. The highest BCUT2D eigenvalue weighted by molar-refractivity contribution is 5.66. The molecule has 0 bridgehead atoms. The number of aryl methyl sites for hydroxylation is 1. The first-order valence-electron chi connectivity index (χ1n) is 5.98. The van der Waals surface area contributed by atoms with Crippen LogP contribution >= 0.6 is 0 Å². The summed E-state index contributed by atoms with van der Waals surface area (Å²) in [6.45, 7) is 0. The topological polar surface area (TPSA) is 50.2 Å². The Kier molecular flexibility index (Phi) is 4.30. The molecule has 0 unspecified atom stereocenters. The molecule has 0 radical (unpaired) electrons. The number of pyridine rings is 1. The molecule has 0 fully saturated rings. The molecule has 0 atom stereocenters. The number of hydrogen-bond acceptors (Lipinski definition) is 2. The van der Waals surface area contributed by atoms with Crippen LogP contribution in [0.25, 0.3) is 0 Å². The number of aliphatic carboxylic acids is 1. The van der Waals surface area contributed by atoms with Gasteiger partial charge in [0.1, 0.15) is 0 Å². The molecule has 19 heavy (non-hydrogen) atoms. The quantitative estimate of drug-likeness (QED) is 0.853. The third kappa shape index (κ3) is 4.29. The number of hydrogen-bond donors (Lipinski definition) is 1. The van der Waals surface area contributed by atoms with Crippen LogP contribution in [0.2, 0.25) is 0 Å². The van der Waals surface area contributed by atoms with Crippen LogP contribution in [0, 0.1) is 11.8 Å². The Labute approximate surface area is 111 Å². The molecule has 2 aromatic rings. The van der Waals surface area contributed by atoms with Crippen molar-refractivity contribution in [1.82, 2.24) is 4.98 Å². The molecular formula is C16H13NO2. The summed E-state index contributed by atoms with van der Waals surface area (Å²) in [4.78, 5) is 14.6. The van der Waals surface area contributed by atoms with Crippen LogP contribution in [0.3, 0.4) is 0 Å². The molecule has 94 valence electrons. The lowest BCUT2D eigenvalue weighted by molar-refractivity contribution is -0.136. The van der Waals surface area contributed by atoms with Gasteiger partial charge in [-0.2, -0.15) is 0 Å². The van der Waals surface area contributed by atoms with Gasteiger partial charge in [-0.05, 0) is 24.3 Å². The Morgan fingerprint density at radius 2 is 1.79 bits per heavy atom. The van der Waals surface area contributed by atoms with Crippen LogP contribution in [-0.2, 0) is 11.2 Å². The van der Waals surface area contributed by atoms with Gasteiger partial charge in [-0.3, -0.25) is 9.78 Å². The zero-order valence-corrected chi connectivity index (χ0v) is 10.3. The van der Waals surface area contributed by atoms with Crippen molar-refractivity contribution in [3.05, 3.63) is 65.5 Å². The number of aromatic nitrogens is 1. The molecule has 1 aromatic heterocycles. The van der Waals surface area contributed by atoms with E-state index in [-0.39, 0.29) is 6.42 Å². The molecule has 0 spiro atoms. The predicted octanol–water partition coefficient (Wildman–Crippen LogP) is 2.50. The molecule has 0 aliphatic heterocycles. The fourth-order valence-electron chi connectivity index (χ4n) is 1.55. The van der Waals surface area contributed by atoms with Gasteiger partial charge in [0.2, 0.25) is 0 Å². The fraction of sp³-hybridized carbons (Fsp3) is 0.125.